The lowest BCUT2D eigenvalue weighted by atomic mass is 9.79. The van der Waals surface area contributed by atoms with E-state index in [1.165, 1.54) is 16.7 Å². The molecule has 1 aromatic heterocycles. The molecule has 0 saturated carbocycles. The van der Waals surface area contributed by atoms with E-state index in [0.717, 1.165) is 23.7 Å². The first kappa shape index (κ1) is 17.5. The molecular formula is C22H20Cl2N2. The second-order valence-electron chi connectivity index (χ2n) is 7.17. The molecule has 2 heterocycles. The van der Waals surface area contributed by atoms with Crippen molar-refractivity contribution in [3.63, 3.8) is 0 Å². The molecule has 4 rings (SSSR count). The first-order valence-electron chi connectivity index (χ1n) is 8.75. The molecule has 2 atom stereocenters. The molecule has 0 aliphatic carbocycles. The average Bonchev–Trinajstić information content (AvgIpc) is 2.65. The fourth-order valence-corrected chi connectivity index (χ4v) is 3.97. The summed E-state index contributed by atoms with van der Waals surface area (Å²) in [6.07, 6.45) is 5.55. The summed E-state index contributed by atoms with van der Waals surface area (Å²) >= 11 is 11.7. The van der Waals surface area contributed by atoms with Crippen LogP contribution in [0.25, 0.3) is 10.9 Å². The van der Waals surface area contributed by atoms with Crippen LogP contribution in [-0.2, 0) is 6.42 Å². The quantitative estimate of drug-likeness (QED) is 0.606. The van der Waals surface area contributed by atoms with E-state index in [1.54, 1.807) is 0 Å². The molecule has 1 N–H and O–H groups in total. The lowest BCUT2D eigenvalue weighted by Gasteiger charge is -2.41. The Kier molecular flexibility index (Phi) is 4.74. The molecule has 0 spiro atoms. The Balaban J connectivity index is 1.78. The lowest BCUT2D eigenvalue weighted by Crippen LogP contribution is -2.49. The van der Waals surface area contributed by atoms with Crippen LogP contribution in [0.5, 0.6) is 0 Å². The summed E-state index contributed by atoms with van der Waals surface area (Å²) < 4.78 is 0.316. The molecule has 0 saturated heterocycles. The number of nitrogens with zero attached hydrogens (tertiary/aromatic N) is 1. The van der Waals surface area contributed by atoms with Gasteiger partial charge in [-0.05, 0) is 48.6 Å². The van der Waals surface area contributed by atoms with Crippen molar-refractivity contribution in [1.29, 1.82) is 0 Å². The minimum atomic E-state index is -0.125. The largest absolute Gasteiger partial charge is 0.300 e. The van der Waals surface area contributed by atoms with Gasteiger partial charge in [-0.15, -0.1) is 0 Å². The van der Waals surface area contributed by atoms with Crippen molar-refractivity contribution in [3.8, 4) is 0 Å². The fraction of sp³-hybridized carbons (Fsp3) is 0.227. The van der Waals surface area contributed by atoms with E-state index >= 15 is 0 Å². The molecule has 0 amide bonds. The average molecular weight is 383 g/mol. The number of aromatic nitrogens is 1. The Morgan fingerprint density at radius 3 is 2.81 bits per heavy atom. The second kappa shape index (κ2) is 7.03. The van der Waals surface area contributed by atoms with Gasteiger partial charge < -0.3 is 5.32 Å². The van der Waals surface area contributed by atoms with Gasteiger partial charge in [-0.25, -0.2) is 0 Å². The molecule has 3 aromatic rings. The molecule has 132 valence electrons. The zero-order valence-corrected chi connectivity index (χ0v) is 16.1. The van der Waals surface area contributed by atoms with E-state index in [2.05, 4.69) is 53.6 Å². The van der Waals surface area contributed by atoms with E-state index in [-0.39, 0.29) is 11.6 Å². The van der Waals surface area contributed by atoms with Crippen molar-refractivity contribution < 1.29 is 0 Å². The third-order valence-electron chi connectivity index (χ3n) is 5.09. The van der Waals surface area contributed by atoms with Crippen molar-refractivity contribution >= 4 is 34.1 Å². The van der Waals surface area contributed by atoms with Crippen LogP contribution < -0.4 is 5.32 Å². The zero-order valence-electron chi connectivity index (χ0n) is 14.5. The van der Waals surface area contributed by atoms with Crippen molar-refractivity contribution in [1.82, 2.24) is 10.3 Å². The van der Waals surface area contributed by atoms with E-state index < -0.39 is 0 Å². The zero-order chi connectivity index (χ0) is 18.1. The molecule has 26 heavy (non-hydrogen) atoms. The number of hydrogen-bond acceptors (Lipinski definition) is 2. The summed E-state index contributed by atoms with van der Waals surface area (Å²) in [4.78, 5) is 4.66. The molecule has 0 fully saturated rings. The summed E-state index contributed by atoms with van der Waals surface area (Å²) in [5.41, 5.74) is 4.72. The molecule has 4 heteroatoms. The van der Waals surface area contributed by atoms with Crippen molar-refractivity contribution in [3.05, 3.63) is 88.1 Å². The SMILES string of the molecule is CC1(CC=C(Cl)Cl)Cc2ccccc2C(c2cnc3ccccc3c2)N1. The van der Waals surface area contributed by atoms with Gasteiger partial charge in [0.2, 0.25) is 0 Å². The van der Waals surface area contributed by atoms with Gasteiger partial charge in [0.15, 0.2) is 0 Å². The van der Waals surface area contributed by atoms with Gasteiger partial charge in [-0.1, -0.05) is 71.7 Å². The molecular weight excluding hydrogens is 363 g/mol. The van der Waals surface area contributed by atoms with Gasteiger partial charge in [0, 0.05) is 17.1 Å². The minimum Gasteiger partial charge on any atom is -0.300 e. The molecule has 1 aliphatic heterocycles. The Morgan fingerprint density at radius 2 is 1.96 bits per heavy atom. The Labute approximate surface area is 163 Å². The topological polar surface area (TPSA) is 24.9 Å². The van der Waals surface area contributed by atoms with Gasteiger partial charge in [0.25, 0.3) is 0 Å². The molecule has 0 bridgehead atoms. The highest BCUT2D eigenvalue weighted by molar-refractivity contribution is 6.55. The second-order valence-corrected chi connectivity index (χ2v) is 8.18. The third-order valence-corrected chi connectivity index (χ3v) is 5.40. The number of benzene rings is 2. The van der Waals surface area contributed by atoms with Crippen LogP contribution in [0.15, 0.2) is 71.4 Å². The maximum Gasteiger partial charge on any atom is 0.102 e. The molecule has 0 radical (unpaired) electrons. The molecule has 2 nitrogen and oxygen atoms in total. The smallest absolute Gasteiger partial charge is 0.102 e. The normalized spacial score (nSPS) is 22.0. The van der Waals surface area contributed by atoms with Crippen LogP contribution in [-0.4, -0.2) is 10.5 Å². The molecule has 2 aromatic carbocycles. The number of hydrogen-bond donors (Lipinski definition) is 1. The predicted octanol–water partition coefficient (Wildman–Crippen LogP) is 5.94. The number of rotatable bonds is 3. The van der Waals surface area contributed by atoms with Gasteiger partial charge in [-0.3, -0.25) is 4.98 Å². The van der Waals surface area contributed by atoms with Crippen LogP contribution >= 0.6 is 23.2 Å². The third kappa shape index (κ3) is 3.50. The Bertz CT molecular complexity index is 979. The van der Waals surface area contributed by atoms with Gasteiger partial charge in [-0.2, -0.15) is 0 Å². The van der Waals surface area contributed by atoms with Crippen LogP contribution in [0.3, 0.4) is 0 Å². The van der Waals surface area contributed by atoms with Gasteiger partial charge in [0.05, 0.1) is 11.6 Å². The summed E-state index contributed by atoms with van der Waals surface area (Å²) in [5, 5.41) is 4.97. The van der Waals surface area contributed by atoms with Gasteiger partial charge in [0.1, 0.15) is 4.49 Å². The lowest BCUT2D eigenvalue weighted by molar-refractivity contribution is 0.307. The number of pyridine rings is 1. The van der Waals surface area contributed by atoms with Gasteiger partial charge >= 0.3 is 0 Å². The van der Waals surface area contributed by atoms with Crippen LogP contribution in [0.2, 0.25) is 0 Å². The number of nitrogens with one attached hydrogen (secondary N) is 1. The van der Waals surface area contributed by atoms with E-state index in [9.17, 15) is 0 Å². The standard InChI is InChI=1S/C22H20Cl2N2/c1-22(11-10-20(23)24)13-16-7-2-4-8-18(16)21(26-22)17-12-15-6-3-5-9-19(15)25-14-17/h2-10,12,14,21,26H,11,13H2,1H3. The maximum absolute atomic E-state index is 5.87. The van der Waals surface area contributed by atoms with Crippen LogP contribution in [0.1, 0.15) is 36.1 Å². The predicted molar refractivity (Wildman–Crippen MR) is 110 cm³/mol. The summed E-state index contributed by atoms with van der Waals surface area (Å²) in [6, 6.07) is 19.1. The van der Waals surface area contributed by atoms with Crippen molar-refractivity contribution in [2.24, 2.45) is 0 Å². The van der Waals surface area contributed by atoms with Crippen LogP contribution in [0.4, 0.5) is 0 Å². The summed E-state index contributed by atoms with van der Waals surface area (Å²) in [7, 11) is 0. The highest BCUT2D eigenvalue weighted by Gasteiger charge is 2.34. The number of fused-ring (bicyclic) bond motifs is 2. The molecule has 1 aliphatic rings. The minimum absolute atomic E-state index is 0.0876. The number of para-hydroxylation sites is 1. The molecule has 2 unspecified atom stereocenters. The number of halogens is 2. The Morgan fingerprint density at radius 1 is 1.19 bits per heavy atom. The van der Waals surface area contributed by atoms with Crippen molar-refractivity contribution in [2.45, 2.75) is 31.3 Å². The maximum atomic E-state index is 5.87. The highest BCUT2D eigenvalue weighted by atomic mass is 35.5. The first-order valence-corrected chi connectivity index (χ1v) is 9.51. The van der Waals surface area contributed by atoms with E-state index in [4.69, 9.17) is 23.2 Å². The highest BCUT2D eigenvalue weighted by Crippen LogP contribution is 2.36. The monoisotopic (exact) mass is 382 g/mol. The fourth-order valence-electron chi connectivity index (χ4n) is 3.82. The Hall–Kier alpha value is -1.87. The van der Waals surface area contributed by atoms with E-state index in [0.29, 0.717) is 4.49 Å². The summed E-state index contributed by atoms with van der Waals surface area (Å²) in [5.74, 6) is 0. The van der Waals surface area contributed by atoms with E-state index in [1.807, 2.05) is 30.5 Å². The summed E-state index contributed by atoms with van der Waals surface area (Å²) in [6.45, 7) is 2.22. The van der Waals surface area contributed by atoms with Crippen LogP contribution in [0, 0.1) is 0 Å². The van der Waals surface area contributed by atoms with Crippen molar-refractivity contribution in [2.75, 3.05) is 0 Å². The first-order chi connectivity index (χ1) is 12.5.